The lowest BCUT2D eigenvalue weighted by atomic mass is 10.1. The third-order valence-corrected chi connectivity index (χ3v) is 3.68. The van der Waals surface area contributed by atoms with Gasteiger partial charge in [0.05, 0.1) is 6.21 Å². The predicted octanol–water partition coefficient (Wildman–Crippen LogP) is 2.37. The van der Waals surface area contributed by atoms with Gasteiger partial charge in [0.1, 0.15) is 0 Å². The zero-order chi connectivity index (χ0) is 16.7. The topological polar surface area (TPSA) is 70.6 Å². The Morgan fingerprint density at radius 2 is 1.87 bits per heavy atom. The van der Waals surface area contributed by atoms with E-state index in [0.717, 1.165) is 20.3 Å². The lowest BCUT2D eigenvalue weighted by molar-refractivity contribution is -0.139. The highest BCUT2D eigenvalue weighted by atomic mass is 127. The number of aryl methyl sites for hydroxylation is 1. The van der Waals surface area contributed by atoms with Gasteiger partial charge in [0.2, 0.25) is 0 Å². The molecule has 0 radical (unpaired) electrons. The fourth-order valence-electron chi connectivity index (χ4n) is 1.77. The molecule has 23 heavy (non-hydrogen) atoms. The molecule has 0 aliphatic carbocycles. The van der Waals surface area contributed by atoms with Gasteiger partial charge >= 0.3 is 11.8 Å². The lowest BCUT2D eigenvalue weighted by Crippen LogP contribution is -2.37. The predicted molar refractivity (Wildman–Crippen MR) is 97.9 cm³/mol. The molecule has 0 saturated heterocycles. The van der Waals surface area contributed by atoms with Gasteiger partial charge in [-0.05, 0) is 52.8 Å². The Kier molecular flexibility index (Phi) is 6.28. The first kappa shape index (κ1) is 17.1. The van der Waals surface area contributed by atoms with E-state index < -0.39 is 11.8 Å². The van der Waals surface area contributed by atoms with Crippen LogP contribution in [0.1, 0.15) is 16.7 Å². The van der Waals surface area contributed by atoms with Crippen molar-refractivity contribution in [1.29, 1.82) is 0 Å². The van der Waals surface area contributed by atoms with Crippen molar-refractivity contribution < 1.29 is 9.59 Å². The first-order valence-corrected chi connectivity index (χ1v) is 8.05. The number of nitrogens with zero attached hydrogens (tertiary/aromatic N) is 1. The number of hydrazone groups is 1. The highest BCUT2D eigenvalue weighted by Crippen LogP contribution is 2.05. The molecule has 0 aromatic heterocycles. The minimum Gasteiger partial charge on any atom is -0.344 e. The van der Waals surface area contributed by atoms with Crippen LogP contribution < -0.4 is 10.7 Å². The Labute approximate surface area is 148 Å². The van der Waals surface area contributed by atoms with Crippen LogP contribution in [0.25, 0.3) is 0 Å². The molecule has 0 fully saturated rings. The van der Waals surface area contributed by atoms with Crippen molar-refractivity contribution in [2.45, 2.75) is 13.5 Å². The first-order valence-electron chi connectivity index (χ1n) is 6.97. The van der Waals surface area contributed by atoms with Crippen LogP contribution in [0, 0.1) is 10.5 Å². The Morgan fingerprint density at radius 3 is 2.57 bits per heavy atom. The Morgan fingerprint density at radius 1 is 1.13 bits per heavy atom. The maximum absolute atomic E-state index is 11.7. The molecule has 0 heterocycles. The van der Waals surface area contributed by atoms with Crippen molar-refractivity contribution in [3.8, 4) is 0 Å². The molecule has 2 aromatic rings. The number of carbonyl (C=O) groups excluding carboxylic acids is 2. The zero-order valence-electron chi connectivity index (χ0n) is 12.5. The van der Waals surface area contributed by atoms with E-state index in [-0.39, 0.29) is 0 Å². The second kappa shape index (κ2) is 8.42. The second-order valence-corrected chi connectivity index (χ2v) is 6.17. The van der Waals surface area contributed by atoms with Crippen molar-refractivity contribution in [2.75, 3.05) is 0 Å². The fraction of sp³-hybridized carbons (Fsp3) is 0.118. The van der Waals surface area contributed by atoms with Gasteiger partial charge in [-0.3, -0.25) is 9.59 Å². The van der Waals surface area contributed by atoms with Crippen LogP contribution in [-0.4, -0.2) is 18.0 Å². The van der Waals surface area contributed by atoms with Gasteiger partial charge in [0.25, 0.3) is 0 Å². The number of hydrogen-bond donors (Lipinski definition) is 2. The van der Waals surface area contributed by atoms with E-state index >= 15 is 0 Å². The number of hydrogen-bond acceptors (Lipinski definition) is 3. The van der Waals surface area contributed by atoms with Crippen LogP contribution in [0.2, 0.25) is 0 Å². The quantitative estimate of drug-likeness (QED) is 0.345. The summed E-state index contributed by atoms with van der Waals surface area (Å²) in [4.78, 5) is 23.3. The van der Waals surface area contributed by atoms with Gasteiger partial charge < -0.3 is 5.32 Å². The van der Waals surface area contributed by atoms with Crippen molar-refractivity contribution >= 4 is 40.6 Å². The molecule has 0 unspecified atom stereocenters. The molecule has 2 amide bonds. The lowest BCUT2D eigenvalue weighted by Gasteiger charge is -2.04. The van der Waals surface area contributed by atoms with Crippen molar-refractivity contribution in [3.05, 3.63) is 68.8 Å². The molecule has 0 aliphatic heterocycles. The van der Waals surface area contributed by atoms with E-state index in [1.165, 1.54) is 6.21 Å². The van der Waals surface area contributed by atoms with Gasteiger partial charge in [0, 0.05) is 10.1 Å². The summed E-state index contributed by atoms with van der Waals surface area (Å²) in [6.07, 6.45) is 1.49. The largest absolute Gasteiger partial charge is 0.344 e. The SMILES string of the molecule is Cc1ccc(CNC(=O)C(=O)N/N=C\c2cccc(I)c2)cc1. The number of nitrogens with one attached hydrogen (secondary N) is 2. The van der Waals surface area contributed by atoms with Gasteiger partial charge in [-0.15, -0.1) is 0 Å². The summed E-state index contributed by atoms with van der Waals surface area (Å²) in [7, 11) is 0. The molecule has 118 valence electrons. The molecule has 2 rings (SSSR count). The Balaban J connectivity index is 1.80. The highest BCUT2D eigenvalue weighted by Gasteiger charge is 2.11. The molecule has 0 aliphatic rings. The average molecular weight is 421 g/mol. The van der Waals surface area contributed by atoms with Crippen LogP contribution in [0.3, 0.4) is 0 Å². The number of amides is 2. The normalized spacial score (nSPS) is 10.5. The average Bonchev–Trinajstić information content (AvgIpc) is 2.54. The van der Waals surface area contributed by atoms with Crippen molar-refractivity contribution in [2.24, 2.45) is 5.10 Å². The highest BCUT2D eigenvalue weighted by molar-refractivity contribution is 14.1. The minimum atomic E-state index is -0.793. The summed E-state index contributed by atoms with van der Waals surface area (Å²) in [5.74, 6) is -1.51. The Bertz CT molecular complexity index is 727. The number of halogens is 1. The van der Waals surface area contributed by atoms with Crippen LogP contribution >= 0.6 is 22.6 Å². The van der Waals surface area contributed by atoms with E-state index in [0.29, 0.717) is 6.54 Å². The fourth-order valence-corrected chi connectivity index (χ4v) is 2.34. The van der Waals surface area contributed by atoms with Crippen LogP contribution in [0.15, 0.2) is 53.6 Å². The minimum absolute atomic E-state index is 0.299. The van der Waals surface area contributed by atoms with Crippen LogP contribution in [-0.2, 0) is 16.1 Å². The number of benzene rings is 2. The molecule has 0 atom stereocenters. The van der Waals surface area contributed by atoms with E-state index in [1.54, 1.807) is 0 Å². The summed E-state index contributed by atoms with van der Waals surface area (Å²) in [5, 5.41) is 6.33. The van der Waals surface area contributed by atoms with E-state index in [4.69, 9.17) is 0 Å². The molecule has 2 N–H and O–H groups in total. The van der Waals surface area contributed by atoms with Gasteiger partial charge in [-0.25, -0.2) is 5.43 Å². The maximum Gasteiger partial charge on any atom is 0.329 e. The first-order chi connectivity index (χ1) is 11.0. The summed E-state index contributed by atoms with van der Waals surface area (Å²) in [6, 6.07) is 15.3. The van der Waals surface area contributed by atoms with E-state index in [2.05, 4.69) is 38.4 Å². The van der Waals surface area contributed by atoms with E-state index in [9.17, 15) is 9.59 Å². The summed E-state index contributed by atoms with van der Waals surface area (Å²) in [5.41, 5.74) is 5.13. The summed E-state index contributed by atoms with van der Waals surface area (Å²) < 4.78 is 1.06. The summed E-state index contributed by atoms with van der Waals surface area (Å²) >= 11 is 2.19. The Hall–Kier alpha value is -2.22. The monoisotopic (exact) mass is 421 g/mol. The standard InChI is InChI=1S/C17H16IN3O2/c1-12-5-7-13(8-6-12)10-19-16(22)17(23)21-20-11-14-3-2-4-15(18)9-14/h2-9,11H,10H2,1H3,(H,19,22)(H,21,23)/b20-11-. The third-order valence-electron chi connectivity index (χ3n) is 3.01. The maximum atomic E-state index is 11.7. The van der Waals surface area contributed by atoms with Crippen molar-refractivity contribution in [1.82, 2.24) is 10.7 Å². The molecule has 0 spiro atoms. The molecule has 5 nitrogen and oxygen atoms in total. The number of carbonyl (C=O) groups is 2. The zero-order valence-corrected chi connectivity index (χ0v) is 14.7. The molecular weight excluding hydrogens is 405 g/mol. The second-order valence-electron chi connectivity index (χ2n) is 4.92. The summed E-state index contributed by atoms with van der Waals surface area (Å²) in [6.45, 7) is 2.29. The smallest absolute Gasteiger partial charge is 0.329 e. The molecule has 2 aromatic carbocycles. The third kappa shape index (κ3) is 5.82. The van der Waals surface area contributed by atoms with Crippen LogP contribution in [0.5, 0.6) is 0 Å². The van der Waals surface area contributed by atoms with Crippen molar-refractivity contribution in [3.63, 3.8) is 0 Å². The van der Waals surface area contributed by atoms with Gasteiger partial charge in [-0.1, -0.05) is 42.0 Å². The molecule has 0 bridgehead atoms. The number of rotatable bonds is 4. The van der Waals surface area contributed by atoms with Gasteiger partial charge in [0.15, 0.2) is 0 Å². The van der Waals surface area contributed by atoms with Crippen LogP contribution in [0.4, 0.5) is 0 Å². The molecule has 6 heteroatoms. The van der Waals surface area contributed by atoms with E-state index in [1.807, 2.05) is 55.5 Å². The molecular formula is C17H16IN3O2. The molecule has 0 saturated carbocycles. The van der Waals surface area contributed by atoms with Gasteiger partial charge in [-0.2, -0.15) is 5.10 Å².